The number of hydrogen-bond acceptors (Lipinski definition) is 3. The molecule has 1 aliphatic carbocycles. The predicted octanol–water partition coefficient (Wildman–Crippen LogP) is 0.933. The van der Waals surface area contributed by atoms with E-state index in [1.165, 1.54) is 0 Å². The lowest BCUT2D eigenvalue weighted by atomic mass is 9.82. The summed E-state index contributed by atoms with van der Waals surface area (Å²) >= 11 is 0. The van der Waals surface area contributed by atoms with Crippen LogP contribution in [0.3, 0.4) is 0 Å². The van der Waals surface area contributed by atoms with Gasteiger partial charge in [0.2, 0.25) is 0 Å². The van der Waals surface area contributed by atoms with Crippen molar-refractivity contribution in [3.05, 3.63) is 0 Å². The molecule has 78 valence electrons. The van der Waals surface area contributed by atoms with Gasteiger partial charge in [-0.15, -0.1) is 0 Å². The summed E-state index contributed by atoms with van der Waals surface area (Å²) < 4.78 is 5.18. The van der Waals surface area contributed by atoms with Crippen LogP contribution in [0.1, 0.15) is 32.6 Å². The molecule has 0 amide bonds. The fourth-order valence-electron chi connectivity index (χ4n) is 2.15. The molecule has 1 saturated carbocycles. The molecule has 1 rings (SSSR count). The minimum Gasteiger partial charge on any atom is -0.393 e. The highest BCUT2D eigenvalue weighted by molar-refractivity contribution is 4.80. The largest absolute Gasteiger partial charge is 0.393 e. The Balaban J connectivity index is 2.36. The zero-order chi connectivity index (χ0) is 9.84. The standard InChI is InChI=1S/C10H20O3/c1-7(11)5-8-3-4-9(12)10(6-8)13-2/h7-12H,3-6H2,1-2H3/t7?,8-,9+,10+/m0/s1. The lowest BCUT2D eigenvalue weighted by molar-refractivity contribution is -0.0552. The van der Waals surface area contributed by atoms with Crippen molar-refractivity contribution in [1.29, 1.82) is 0 Å². The van der Waals surface area contributed by atoms with E-state index in [1.807, 2.05) is 6.92 Å². The number of rotatable bonds is 3. The Morgan fingerprint density at radius 1 is 1.46 bits per heavy atom. The van der Waals surface area contributed by atoms with Crippen LogP contribution in [0.5, 0.6) is 0 Å². The summed E-state index contributed by atoms with van der Waals surface area (Å²) in [6.07, 6.45) is 2.93. The Morgan fingerprint density at radius 2 is 2.15 bits per heavy atom. The summed E-state index contributed by atoms with van der Waals surface area (Å²) in [5.74, 6) is 0.508. The molecule has 1 fully saturated rings. The van der Waals surface area contributed by atoms with E-state index in [0.29, 0.717) is 5.92 Å². The molecule has 0 aromatic rings. The molecule has 3 nitrogen and oxygen atoms in total. The summed E-state index contributed by atoms with van der Waals surface area (Å²) in [4.78, 5) is 0. The second-order valence-corrected chi connectivity index (χ2v) is 4.11. The van der Waals surface area contributed by atoms with E-state index < -0.39 is 0 Å². The average molecular weight is 188 g/mol. The minimum atomic E-state index is -0.310. The first kappa shape index (κ1) is 11.0. The summed E-state index contributed by atoms with van der Waals surface area (Å²) in [5.41, 5.74) is 0. The van der Waals surface area contributed by atoms with Gasteiger partial charge in [-0.05, 0) is 38.5 Å². The van der Waals surface area contributed by atoms with Crippen molar-refractivity contribution in [2.45, 2.75) is 50.9 Å². The quantitative estimate of drug-likeness (QED) is 0.693. The van der Waals surface area contributed by atoms with Gasteiger partial charge in [-0.3, -0.25) is 0 Å². The van der Waals surface area contributed by atoms with E-state index in [2.05, 4.69) is 0 Å². The van der Waals surface area contributed by atoms with Crippen molar-refractivity contribution in [3.8, 4) is 0 Å². The van der Waals surface area contributed by atoms with Gasteiger partial charge in [0.1, 0.15) is 0 Å². The first-order chi connectivity index (χ1) is 6.13. The number of ether oxygens (including phenoxy) is 1. The van der Waals surface area contributed by atoms with Crippen molar-refractivity contribution in [2.75, 3.05) is 7.11 Å². The van der Waals surface area contributed by atoms with E-state index in [0.717, 1.165) is 25.7 Å². The predicted molar refractivity (Wildman–Crippen MR) is 50.4 cm³/mol. The smallest absolute Gasteiger partial charge is 0.0832 e. The molecule has 0 spiro atoms. The molecule has 0 heterocycles. The maximum absolute atomic E-state index is 9.53. The molecular weight excluding hydrogens is 168 g/mol. The van der Waals surface area contributed by atoms with Gasteiger partial charge in [-0.1, -0.05) is 0 Å². The molecule has 0 radical (unpaired) electrons. The van der Waals surface area contributed by atoms with E-state index in [-0.39, 0.29) is 18.3 Å². The Hall–Kier alpha value is -0.120. The fraction of sp³-hybridized carbons (Fsp3) is 1.00. The van der Waals surface area contributed by atoms with Gasteiger partial charge in [-0.2, -0.15) is 0 Å². The molecule has 1 unspecified atom stereocenters. The van der Waals surface area contributed by atoms with Crippen LogP contribution in [0.4, 0.5) is 0 Å². The third kappa shape index (κ3) is 3.25. The van der Waals surface area contributed by atoms with Crippen molar-refractivity contribution in [1.82, 2.24) is 0 Å². The van der Waals surface area contributed by atoms with Gasteiger partial charge >= 0.3 is 0 Å². The third-order valence-corrected chi connectivity index (χ3v) is 2.84. The van der Waals surface area contributed by atoms with Crippen LogP contribution >= 0.6 is 0 Å². The van der Waals surface area contributed by atoms with Crippen LogP contribution in [0.2, 0.25) is 0 Å². The van der Waals surface area contributed by atoms with Crippen molar-refractivity contribution < 1.29 is 14.9 Å². The zero-order valence-electron chi connectivity index (χ0n) is 8.44. The molecule has 3 heteroatoms. The van der Waals surface area contributed by atoms with Crippen LogP contribution in [0.15, 0.2) is 0 Å². The van der Waals surface area contributed by atoms with E-state index in [9.17, 15) is 10.2 Å². The monoisotopic (exact) mass is 188 g/mol. The summed E-state index contributed by atoms with van der Waals surface area (Å²) in [6.45, 7) is 1.81. The molecule has 0 aliphatic heterocycles. The molecule has 2 N–H and O–H groups in total. The maximum Gasteiger partial charge on any atom is 0.0832 e. The number of methoxy groups -OCH3 is 1. The minimum absolute atomic E-state index is 0.0301. The maximum atomic E-state index is 9.53. The first-order valence-electron chi connectivity index (χ1n) is 5.02. The molecule has 1 aliphatic rings. The normalized spacial score (nSPS) is 37.4. The van der Waals surface area contributed by atoms with Crippen LogP contribution in [-0.2, 0) is 4.74 Å². The van der Waals surface area contributed by atoms with E-state index >= 15 is 0 Å². The zero-order valence-corrected chi connectivity index (χ0v) is 8.44. The molecule has 4 atom stereocenters. The lowest BCUT2D eigenvalue weighted by Gasteiger charge is -2.32. The number of aliphatic hydroxyl groups excluding tert-OH is 2. The Labute approximate surface area is 79.7 Å². The highest BCUT2D eigenvalue weighted by Crippen LogP contribution is 2.29. The molecule has 0 aromatic carbocycles. The third-order valence-electron chi connectivity index (χ3n) is 2.84. The Morgan fingerprint density at radius 3 is 2.69 bits per heavy atom. The molecule has 0 bridgehead atoms. The molecule has 0 saturated heterocycles. The number of hydrogen-bond donors (Lipinski definition) is 2. The molecule has 13 heavy (non-hydrogen) atoms. The van der Waals surface area contributed by atoms with E-state index in [1.54, 1.807) is 7.11 Å². The van der Waals surface area contributed by atoms with Crippen LogP contribution in [-0.4, -0.2) is 35.6 Å². The summed E-state index contributed by atoms with van der Waals surface area (Å²) in [7, 11) is 1.64. The van der Waals surface area contributed by atoms with Crippen LogP contribution in [0, 0.1) is 5.92 Å². The average Bonchev–Trinajstić information content (AvgIpc) is 2.07. The van der Waals surface area contributed by atoms with Gasteiger partial charge < -0.3 is 14.9 Å². The summed E-state index contributed by atoms with van der Waals surface area (Å²) in [6, 6.07) is 0. The fourth-order valence-corrected chi connectivity index (χ4v) is 2.15. The molecular formula is C10H20O3. The Bertz CT molecular complexity index is 147. The first-order valence-corrected chi connectivity index (χ1v) is 5.02. The van der Waals surface area contributed by atoms with Crippen LogP contribution in [0.25, 0.3) is 0 Å². The van der Waals surface area contributed by atoms with Gasteiger partial charge in [0.05, 0.1) is 18.3 Å². The lowest BCUT2D eigenvalue weighted by Crippen LogP contribution is -2.35. The van der Waals surface area contributed by atoms with Crippen molar-refractivity contribution in [2.24, 2.45) is 5.92 Å². The highest BCUT2D eigenvalue weighted by Gasteiger charge is 2.29. The summed E-state index contributed by atoms with van der Waals surface area (Å²) in [5, 5.41) is 18.8. The molecule has 0 aromatic heterocycles. The van der Waals surface area contributed by atoms with Gasteiger partial charge in [0.25, 0.3) is 0 Å². The second-order valence-electron chi connectivity index (χ2n) is 4.11. The van der Waals surface area contributed by atoms with Gasteiger partial charge in [-0.25, -0.2) is 0 Å². The Kier molecular flexibility index (Phi) is 4.16. The van der Waals surface area contributed by atoms with Crippen molar-refractivity contribution in [3.63, 3.8) is 0 Å². The highest BCUT2D eigenvalue weighted by atomic mass is 16.5. The van der Waals surface area contributed by atoms with Gasteiger partial charge in [0, 0.05) is 7.11 Å². The second kappa shape index (κ2) is 4.94. The van der Waals surface area contributed by atoms with Gasteiger partial charge in [0.15, 0.2) is 0 Å². The topological polar surface area (TPSA) is 49.7 Å². The van der Waals surface area contributed by atoms with Crippen LogP contribution < -0.4 is 0 Å². The SMILES string of the molecule is CO[C@@H]1C[C@H](CC(C)O)CC[C@H]1O. The number of aliphatic hydroxyl groups is 2. The van der Waals surface area contributed by atoms with Crippen molar-refractivity contribution >= 4 is 0 Å². The van der Waals surface area contributed by atoms with E-state index in [4.69, 9.17) is 4.74 Å².